The van der Waals surface area contributed by atoms with Gasteiger partial charge in [0.1, 0.15) is 5.75 Å². The van der Waals surface area contributed by atoms with Crippen LogP contribution >= 0.6 is 0 Å². The maximum atomic E-state index is 11.9. The highest BCUT2D eigenvalue weighted by molar-refractivity contribution is 5.91. The Balaban J connectivity index is 1.61. The Morgan fingerprint density at radius 2 is 1.95 bits per heavy atom. The third-order valence-electron chi connectivity index (χ3n) is 3.26. The van der Waals surface area contributed by atoms with Gasteiger partial charge < -0.3 is 15.4 Å². The van der Waals surface area contributed by atoms with E-state index in [0.29, 0.717) is 13.2 Å². The van der Waals surface area contributed by atoms with Crippen molar-refractivity contribution in [1.82, 2.24) is 5.32 Å². The minimum atomic E-state index is -0.224. The summed E-state index contributed by atoms with van der Waals surface area (Å²) in [5, 5.41) is 5.67. The van der Waals surface area contributed by atoms with Crippen molar-refractivity contribution in [2.24, 2.45) is 0 Å². The first-order valence-corrected chi connectivity index (χ1v) is 6.66. The van der Waals surface area contributed by atoms with Crippen molar-refractivity contribution in [3.8, 4) is 5.75 Å². The topological polar surface area (TPSA) is 50.4 Å². The number of nitrogens with one attached hydrogen (secondary N) is 2. The number of anilines is 1. The van der Waals surface area contributed by atoms with Gasteiger partial charge in [0.2, 0.25) is 0 Å². The van der Waals surface area contributed by atoms with E-state index in [4.69, 9.17) is 4.74 Å². The monoisotopic (exact) mass is 268 g/mol. The number of carbonyl (C=O) groups excluding carboxylic acids is 1. The summed E-state index contributed by atoms with van der Waals surface area (Å²) < 4.78 is 5.55. The van der Waals surface area contributed by atoms with Gasteiger partial charge in [0, 0.05) is 13.0 Å². The van der Waals surface area contributed by atoms with Crippen molar-refractivity contribution < 1.29 is 9.53 Å². The van der Waals surface area contributed by atoms with E-state index in [-0.39, 0.29) is 6.03 Å². The molecule has 2 amide bonds. The van der Waals surface area contributed by atoms with Gasteiger partial charge in [-0.15, -0.1) is 0 Å². The molecule has 20 heavy (non-hydrogen) atoms. The van der Waals surface area contributed by atoms with Crippen LogP contribution in [0.15, 0.2) is 48.5 Å². The summed E-state index contributed by atoms with van der Waals surface area (Å²) >= 11 is 0. The van der Waals surface area contributed by atoms with Crippen molar-refractivity contribution >= 4 is 11.7 Å². The van der Waals surface area contributed by atoms with Crippen LogP contribution in [0.3, 0.4) is 0 Å². The second kappa shape index (κ2) is 5.65. The molecule has 1 heterocycles. The van der Waals surface area contributed by atoms with Gasteiger partial charge in [-0.05, 0) is 17.2 Å². The predicted molar refractivity (Wildman–Crippen MR) is 77.9 cm³/mol. The molecule has 102 valence electrons. The summed E-state index contributed by atoms with van der Waals surface area (Å²) in [7, 11) is 0. The number of hydrogen-bond acceptors (Lipinski definition) is 2. The fourth-order valence-electron chi connectivity index (χ4n) is 2.26. The molecule has 0 saturated carbocycles. The summed E-state index contributed by atoms with van der Waals surface area (Å²) in [6.45, 7) is 1.18. The Hall–Kier alpha value is -2.49. The Labute approximate surface area is 117 Å². The third-order valence-corrected chi connectivity index (χ3v) is 3.26. The second-order valence-corrected chi connectivity index (χ2v) is 4.69. The quantitative estimate of drug-likeness (QED) is 0.899. The van der Waals surface area contributed by atoms with E-state index in [9.17, 15) is 4.79 Å². The maximum absolute atomic E-state index is 11.9. The molecule has 3 rings (SSSR count). The number of urea groups is 1. The summed E-state index contributed by atoms with van der Waals surface area (Å²) in [4.78, 5) is 11.9. The molecule has 2 N–H and O–H groups in total. The van der Waals surface area contributed by atoms with Crippen LogP contribution in [-0.2, 0) is 13.0 Å². The number of para-hydroxylation sites is 1. The van der Waals surface area contributed by atoms with Crippen molar-refractivity contribution in [2.75, 3.05) is 11.9 Å². The van der Waals surface area contributed by atoms with Gasteiger partial charge in [0.25, 0.3) is 0 Å². The molecule has 0 unspecified atom stereocenters. The molecule has 0 aliphatic carbocycles. The number of amides is 2. The van der Waals surface area contributed by atoms with Crippen molar-refractivity contribution in [3.05, 3.63) is 59.7 Å². The van der Waals surface area contributed by atoms with Gasteiger partial charge in [0.15, 0.2) is 0 Å². The third kappa shape index (κ3) is 2.74. The van der Waals surface area contributed by atoms with Crippen molar-refractivity contribution in [3.63, 3.8) is 0 Å². The lowest BCUT2D eigenvalue weighted by molar-refractivity contribution is 0.251. The molecule has 1 aliphatic rings. The molecule has 0 atom stereocenters. The number of benzene rings is 2. The first-order chi connectivity index (χ1) is 9.83. The second-order valence-electron chi connectivity index (χ2n) is 4.69. The number of carbonyl (C=O) groups is 1. The highest BCUT2D eigenvalue weighted by atomic mass is 16.5. The summed E-state index contributed by atoms with van der Waals surface area (Å²) in [5.41, 5.74) is 2.94. The van der Waals surface area contributed by atoms with Gasteiger partial charge in [-0.25, -0.2) is 4.79 Å². The zero-order valence-electron chi connectivity index (χ0n) is 11.1. The van der Waals surface area contributed by atoms with Crippen LogP contribution in [0.1, 0.15) is 11.1 Å². The standard InChI is InChI=1S/C16H16N2O2/c19-16(17-11-12-5-2-1-3-6-12)18-14-8-4-7-13-9-10-20-15(13)14/h1-8H,9-11H2,(H2,17,18,19). The van der Waals surface area contributed by atoms with Crippen LogP contribution in [0.2, 0.25) is 0 Å². The number of ether oxygens (including phenoxy) is 1. The van der Waals surface area contributed by atoms with E-state index in [1.807, 2.05) is 48.5 Å². The van der Waals surface area contributed by atoms with Gasteiger partial charge in [0.05, 0.1) is 12.3 Å². The minimum absolute atomic E-state index is 0.224. The van der Waals surface area contributed by atoms with E-state index < -0.39 is 0 Å². The van der Waals surface area contributed by atoms with E-state index in [2.05, 4.69) is 10.6 Å². The van der Waals surface area contributed by atoms with E-state index in [0.717, 1.165) is 29.0 Å². The van der Waals surface area contributed by atoms with Gasteiger partial charge in [-0.3, -0.25) is 0 Å². The summed E-state index contributed by atoms with van der Waals surface area (Å²) in [6.07, 6.45) is 0.899. The number of rotatable bonds is 3. The molecule has 0 fully saturated rings. The number of hydrogen-bond donors (Lipinski definition) is 2. The van der Waals surface area contributed by atoms with E-state index in [1.54, 1.807) is 0 Å². The molecule has 0 radical (unpaired) electrons. The molecule has 2 aromatic rings. The fraction of sp³-hybridized carbons (Fsp3) is 0.188. The fourth-order valence-corrected chi connectivity index (χ4v) is 2.26. The molecule has 2 aromatic carbocycles. The molecular formula is C16H16N2O2. The molecule has 0 aromatic heterocycles. The average Bonchev–Trinajstić information content (AvgIpc) is 2.96. The normalized spacial score (nSPS) is 12.4. The highest BCUT2D eigenvalue weighted by Gasteiger charge is 2.16. The lowest BCUT2D eigenvalue weighted by Crippen LogP contribution is -2.28. The van der Waals surface area contributed by atoms with Crippen LogP contribution in [0.25, 0.3) is 0 Å². The lowest BCUT2D eigenvalue weighted by atomic mass is 10.1. The predicted octanol–water partition coefficient (Wildman–Crippen LogP) is 2.94. The first-order valence-electron chi connectivity index (χ1n) is 6.66. The van der Waals surface area contributed by atoms with Crippen molar-refractivity contribution in [1.29, 1.82) is 0 Å². The average molecular weight is 268 g/mol. The van der Waals surface area contributed by atoms with Crippen LogP contribution in [0, 0.1) is 0 Å². The summed E-state index contributed by atoms with van der Waals surface area (Å²) in [5.74, 6) is 0.794. The van der Waals surface area contributed by atoms with Crippen LogP contribution in [-0.4, -0.2) is 12.6 Å². The first kappa shape index (κ1) is 12.5. The molecular weight excluding hydrogens is 252 g/mol. The number of fused-ring (bicyclic) bond motifs is 1. The smallest absolute Gasteiger partial charge is 0.319 e. The zero-order chi connectivity index (χ0) is 13.8. The van der Waals surface area contributed by atoms with Gasteiger partial charge >= 0.3 is 6.03 Å². The summed E-state index contributed by atoms with van der Waals surface area (Å²) in [6, 6.07) is 15.4. The molecule has 1 aliphatic heterocycles. The Morgan fingerprint density at radius 1 is 1.10 bits per heavy atom. The van der Waals surface area contributed by atoms with Gasteiger partial charge in [-0.2, -0.15) is 0 Å². The molecule has 0 saturated heterocycles. The molecule has 4 heteroatoms. The van der Waals surface area contributed by atoms with Crippen molar-refractivity contribution in [2.45, 2.75) is 13.0 Å². The highest BCUT2D eigenvalue weighted by Crippen LogP contribution is 2.33. The molecule has 4 nitrogen and oxygen atoms in total. The van der Waals surface area contributed by atoms with Crippen LogP contribution in [0.5, 0.6) is 5.75 Å². The SMILES string of the molecule is O=C(NCc1ccccc1)Nc1cccc2c1OCC2. The Kier molecular flexibility index (Phi) is 3.54. The van der Waals surface area contributed by atoms with E-state index in [1.165, 1.54) is 0 Å². The minimum Gasteiger partial charge on any atom is -0.491 e. The lowest BCUT2D eigenvalue weighted by Gasteiger charge is -2.10. The van der Waals surface area contributed by atoms with Gasteiger partial charge in [-0.1, -0.05) is 42.5 Å². The molecule has 0 spiro atoms. The maximum Gasteiger partial charge on any atom is 0.319 e. The van der Waals surface area contributed by atoms with Crippen LogP contribution in [0.4, 0.5) is 10.5 Å². The Morgan fingerprint density at radius 3 is 2.80 bits per heavy atom. The zero-order valence-corrected chi connectivity index (χ0v) is 11.1. The van der Waals surface area contributed by atoms with Crippen LogP contribution < -0.4 is 15.4 Å². The largest absolute Gasteiger partial charge is 0.491 e. The molecule has 0 bridgehead atoms. The Bertz CT molecular complexity index is 611. The van der Waals surface area contributed by atoms with E-state index >= 15 is 0 Å².